The van der Waals surface area contributed by atoms with E-state index < -0.39 is 0 Å². The molecule has 17 heavy (non-hydrogen) atoms. The summed E-state index contributed by atoms with van der Waals surface area (Å²) in [5, 5.41) is 3.21. The van der Waals surface area contributed by atoms with Crippen LogP contribution in [0.3, 0.4) is 0 Å². The largest absolute Gasteiger partial charge is 0.316 e. The predicted octanol–water partition coefficient (Wildman–Crippen LogP) is 2.25. The summed E-state index contributed by atoms with van der Waals surface area (Å²) in [6.45, 7) is 5.53. The van der Waals surface area contributed by atoms with Crippen LogP contribution in [0.4, 0.5) is 4.39 Å². The Labute approximate surface area is 101 Å². The number of ketones is 1. The van der Waals surface area contributed by atoms with Crippen molar-refractivity contribution in [2.24, 2.45) is 5.41 Å². The van der Waals surface area contributed by atoms with E-state index in [1.54, 1.807) is 6.07 Å². The summed E-state index contributed by atoms with van der Waals surface area (Å²) in [6, 6.07) is 4.63. The molecule has 1 aliphatic heterocycles. The maximum Gasteiger partial charge on any atom is 0.144 e. The fourth-order valence-corrected chi connectivity index (χ4v) is 2.27. The fraction of sp³-hybridized carbons (Fsp3) is 0.500. The first-order valence-electron chi connectivity index (χ1n) is 6.00. The summed E-state index contributed by atoms with van der Waals surface area (Å²) < 4.78 is 13.1. The van der Waals surface area contributed by atoms with Crippen molar-refractivity contribution in [3.8, 4) is 0 Å². The lowest BCUT2D eigenvalue weighted by Gasteiger charge is -2.21. The van der Waals surface area contributed by atoms with Gasteiger partial charge in [-0.2, -0.15) is 0 Å². The molecule has 0 saturated carbocycles. The minimum absolute atomic E-state index is 0.205. The molecule has 1 aliphatic rings. The quantitative estimate of drug-likeness (QED) is 0.870. The van der Waals surface area contributed by atoms with Crippen LogP contribution >= 0.6 is 0 Å². The molecule has 1 aromatic rings. The highest BCUT2D eigenvalue weighted by Gasteiger charge is 2.35. The first-order valence-corrected chi connectivity index (χ1v) is 6.00. The second-order valence-corrected chi connectivity index (χ2v) is 5.16. The van der Waals surface area contributed by atoms with Gasteiger partial charge in [-0.15, -0.1) is 0 Å². The Hall–Kier alpha value is -1.22. The van der Waals surface area contributed by atoms with Gasteiger partial charge in [0.05, 0.1) is 0 Å². The van der Waals surface area contributed by atoms with E-state index in [1.165, 1.54) is 12.1 Å². The van der Waals surface area contributed by atoms with Crippen molar-refractivity contribution in [2.45, 2.75) is 26.7 Å². The van der Waals surface area contributed by atoms with Gasteiger partial charge >= 0.3 is 0 Å². The number of benzene rings is 1. The molecule has 1 heterocycles. The molecule has 1 atom stereocenters. The molecule has 1 saturated heterocycles. The van der Waals surface area contributed by atoms with E-state index in [0.29, 0.717) is 6.42 Å². The molecule has 1 N–H and O–H groups in total. The van der Waals surface area contributed by atoms with Crippen molar-refractivity contribution >= 4 is 5.78 Å². The summed E-state index contributed by atoms with van der Waals surface area (Å²) in [6.07, 6.45) is 1.21. The summed E-state index contributed by atoms with van der Waals surface area (Å²) in [5.74, 6) is -0.0655. The van der Waals surface area contributed by atoms with Crippen molar-refractivity contribution in [2.75, 3.05) is 13.1 Å². The van der Waals surface area contributed by atoms with Crippen LogP contribution in [0.25, 0.3) is 0 Å². The van der Waals surface area contributed by atoms with Gasteiger partial charge in [-0.25, -0.2) is 4.39 Å². The average Bonchev–Trinajstić information content (AvgIpc) is 2.72. The topological polar surface area (TPSA) is 29.1 Å². The van der Waals surface area contributed by atoms with Gasteiger partial charge in [-0.3, -0.25) is 4.79 Å². The van der Waals surface area contributed by atoms with E-state index >= 15 is 0 Å². The lowest BCUT2D eigenvalue weighted by atomic mass is 9.81. The molecule has 2 nitrogen and oxygen atoms in total. The molecule has 1 aromatic carbocycles. The molecule has 1 unspecified atom stereocenters. The summed E-state index contributed by atoms with van der Waals surface area (Å²) in [4.78, 5) is 12.2. The van der Waals surface area contributed by atoms with Crippen LogP contribution in [0.15, 0.2) is 18.2 Å². The highest BCUT2D eigenvalue weighted by Crippen LogP contribution is 2.27. The Morgan fingerprint density at radius 1 is 1.53 bits per heavy atom. The van der Waals surface area contributed by atoms with Crippen molar-refractivity contribution in [1.29, 1.82) is 0 Å². The molecule has 92 valence electrons. The van der Waals surface area contributed by atoms with Crippen molar-refractivity contribution in [3.05, 3.63) is 35.1 Å². The number of carbonyl (C=O) groups excluding carboxylic acids is 1. The molecule has 2 rings (SSSR count). The van der Waals surface area contributed by atoms with Crippen LogP contribution < -0.4 is 5.32 Å². The molecule has 0 bridgehead atoms. The Bertz CT molecular complexity index is 436. The van der Waals surface area contributed by atoms with Crippen LogP contribution in [0.2, 0.25) is 0 Å². The van der Waals surface area contributed by atoms with Gasteiger partial charge in [0.15, 0.2) is 0 Å². The normalized spacial score (nSPS) is 23.9. The number of hydrogen-bond donors (Lipinski definition) is 1. The summed E-state index contributed by atoms with van der Waals surface area (Å²) in [7, 11) is 0. The minimum Gasteiger partial charge on any atom is -0.316 e. The highest BCUT2D eigenvalue weighted by atomic mass is 19.1. The van der Waals surface area contributed by atoms with Gasteiger partial charge < -0.3 is 5.32 Å². The minimum atomic E-state index is -0.279. The zero-order valence-corrected chi connectivity index (χ0v) is 10.3. The van der Waals surface area contributed by atoms with E-state index in [1.807, 2.05) is 13.8 Å². The van der Waals surface area contributed by atoms with E-state index in [2.05, 4.69) is 5.32 Å². The third-order valence-electron chi connectivity index (χ3n) is 3.70. The second-order valence-electron chi connectivity index (χ2n) is 5.16. The molecule has 0 aromatic heterocycles. The predicted molar refractivity (Wildman–Crippen MR) is 65.4 cm³/mol. The number of Topliss-reactive ketones (excluding diaryl/α,β-unsaturated/α-hetero) is 1. The number of carbonyl (C=O) groups is 1. The van der Waals surface area contributed by atoms with Gasteiger partial charge in [0.1, 0.15) is 11.6 Å². The average molecular weight is 235 g/mol. The first-order chi connectivity index (χ1) is 8.01. The van der Waals surface area contributed by atoms with Crippen molar-refractivity contribution in [1.82, 2.24) is 5.32 Å². The maximum absolute atomic E-state index is 13.1. The lowest BCUT2D eigenvalue weighted by molar-refractivity contribution is -0.126. The standard InChI is InChI=1S/C14H18FNO/c1-10-3-4-12(15)7-11(10)8-13(17)14(2)5-6-16-9-14/h3-4,7,16H,5-6,8-9H2,1-2H3. The number of rotatable bonds is 3. The van der Waals surface area contributed by atoms with Crippen LogP contribution in [-0.4, -0.2) is 18.9 Å². The molecule has 0 spiro atoms. The van der Waals surface area contributed by atoms with Crippen LogP contribution in [0.1, 0.15) is 24.5 Å². The third-order valence-corrected chi connectivity index (χ3v) is 3.70. The van der Waals surface area contributed by atoms with E-state index in [-0.39, 0.29) is 17.0 Å². The third kappa shape index (κ3) is 2.55. The monoisotopic (exact) mass is 235 g/mol. The Kier molecular flexibility index (Phi) is 3.29. The van der Waals surface area contributed by atoms with Gasteiger partial charge in [-0.05, 0) is 43.1 Å². The highest BCUT2D eigenvalue weighted by molar-refractivity contribution is 5.87. The zero-order chi connectivity index (χ0) is 12.5. The number of nitrogens with one attached hydrogen (secondary N) is 1. The second kappa shape index (κ2) is 4.57. The summed E-state index contributed by atoms with van der Waals surface area (Å²) in [5.41, 5.74) is 1.51. The molecule has 0 radical (unpaired) electrons. The van der Waals surface area contributed by atoms with Crippen molar-refractivity contribution < 1.29 is 9.18 Å². The number of hydrogen-bond acceptors (Lipinski definition) is 2. The zero-order valence-electron chi connectivity index (χ0n) is 10.3. The number of aryl methyl sites for hydroxylation is 1. The molecule has 0 aliphatic carbocycles. The van der Waals surface area contributed by atoms with Crippen LogP contribution in [-0.2, 0) is 11.2 Å². The Morgan fingerprint density at radius 3 is 2.94 bits per heavy atom. The molecular formula is C14H18FNO. The lowest BCUT2D eigenvalue weighted by Crippen LogP contribution is -2.31. The molecular weight excluding hydrogens is 217 g/mol. The maximum atomic E-state index is 13.1. The van der Waals surface area contributed by atoms with Gasteiger partial charge in [0, 0.05) is 18.4 Å². The molecule has 3 heteroatoms. The van der Waals surface area contributed by atoms with Gasteiger partial charge in [0.25, 0.3) is 0 Å². The van der Waals surface area contributed by atoms with E-state index in [0.717, 1.165) is 30.6 Å². The number of halogens is 1. The Balaban J connectivity index is 2.15. The SMILES string of the molecule is Cc1ccc(F)cc1CC(=O)C1(C)CCNC1. The van der Waals surface area contributed by atoms with E-state index in [9.17, 15) is 9.18 Å². The van der Waals surface area contributed by atoms with Crippen molar-refractivity contribution in [3.63, 3.8) is 0 Å². The van der Waals surface area contributed by atoms with Gasteiger partial charge in [0.2, 0.25) is 0 Å². The van der Waals surface area contributed by atoms with Gasteiger partial charge in [-0.1, -0.05) is 13.0 Å². The summed E-state index contributed by atoms with van der Waals surface area (Å²) >= 11 is 0. The fourth-order valence-electron chi connectivity index (χ4n) is 2.27. The Morgan fingerprint density at radius 2 is 2.29 bits per heavy atom. The van der Waals surface area contributed by atoms with Crippen LogP contribution in [0, 0.1) is 18.2 Å². The smallest absolute Gasteiger partial charge is 0.144 e. The van der Waals surface area contributed by atoms with Crippen LogP contribution in [0.5, 0.6) is 0 Å². The first kappa shape index (κ1) is 12.2. The molecule has 1 fully saturated rings. The molecule has 0 amide bonds. The van der Waals surface area contributed by atoms with E-state index in [4.69, 9.17) is 0 Å².